The van der Waals surface area contributed by atoms with E-state index in [0.717, 1.165) is 23.9 Å². The Bertz CT molecular complexity index is 287. The maximum atomic E-state index is 5.44. The molecule has 1 aromatic heterocycles. The summed E-state index contributed by atoms with van der Waals surface area (Å²) in [7, 11) is 0. The van der Waals surface area contributed by atoms with Crippen LogP contribution in [-0.2, 0) is 6.42 Å². The number of rotatable bonds is 5. The maximum absolute atomic E-state index is 5.44. The van der Waals surface area contributed by atoms with Crippen LogP contribution in [0.4, 0.5) is 0 Å². The van der Waals surface area contributed by atoms with Crippen molar-refractivity contribution in [1.82, 2.24) is 4.98 Å². The minimum atomic E-state index is 0.798. The zero-order chi connectivity index (χ0) is 10.4. The molecule has 0 saturated heterocycles. The van der Waals surface area contributed by atoms with Crippen LogP contribution in [-0.4, -0.2) is 11.5 Å². The van der Waals surface area contributed by atoms with E-state index in [1.807, 2.05) is 6.20 Å². The molecule has 0 aliphatic heterocycles. The van der Waals surface area contributed by atoms with Crippen molar-refractivity contribution >= 4 is 15.9 Å². The monoisotopic (exact) mass is 256 g/mol. The first-order chi connectivity index (χ1) is 6.74. The number of nitrogens with two attached hydrogens (primary N) is 1. The van der Waals surface area contributed by atoms with Crippen molar-refractivity contribution < 1.29 is 0 Å². The summed E-state index contributed by atoms with van der Waals surface area (Å²) in [5, 5.41) is 0. The van der Waals surface area contributed by atoms with Crippen molar-refractivity contribution in [3.05, 3.63) is 28.0 Å². The van der Waals surface area contributed by atoms with Crippen LogP contribution in [0.2, 0.25) is 0 Å². The van der Waals surface area contributed by atoms with Crippen molar-refractivity contribution in [3.63, 3.8) is 0 Å². The van der Waals surface area contributed by atoms with Crippen LogP contribution in [0.3, 0.4) is 0 Å². The molecule has 0 bridgehead atoms. The molecule has 3 heteroatoms. The van der Waals surface area contributed by atoms with Gasteiger partial charge in [-0.05, 0) is 60.3 Å². The van der Waals surface area contributed by atoms with E-state index >= 15 is 0 Å². The third kappa shape index (κ3) is 3.76. The van der Waals surface area contributed by atoms with Gasteiger partial charge in [0.15, 0.2) is 0 Å². The van der Waals surface area contributed by atoms with Crippen LogP contribution < -0.4 is 5.73 Å². The van der Waals surface area contributed by atoms with Gasteiger partial charge in [-0.1, -0.05) is 6.42 Å². The van der Waals surface area contributed by atoms with Crippen LogP contribution >= 0.6 is 15.9 Å². The molecule has 2 nitrogen and oxygen atoms in total. The lowest BCUT2D eigenvalue weighted by Gasteiger charge is -2.04. The van der Waals surface area contributed by atoms with Gasteiger partial charge in [0.1, 0.15) is 0 Å². The van der Waals surface area contributed by atoms with E-state index in [4.69, 9.17) is 5.73 Å². The molecule has 0 atom stereocenters. The third-order valence-corrected chi connectivity index (χ3v) is 2.70. The summed E-state index contributed by atoms with van der Waals surface area (Å²) in [6.45, 7) is 2.91. The summed E-state index contributed by atoms with van der Waals surface area (Å²) in [4.78, 5) is 4.40. The van der Waals surface area contributed by atoms with Crippen molar-refractivity contribution in [2.24, 2.45) is 5.73 Å². The standard InChI is InChI=1S/C11H17BrN2/c1-9-7-10(12)8-14-11(9)5-3-2-4-6-13/h7-8H,2-6,13H2,1H3. The van der Waals surface area contributed by atoms with Gasteiger partial charge in [-0.15, -0.1) is 0 Å². The lowest BCUT2D eigenvalue weighted by Crippen LogP contribution is -1.99. The van der Waals surface area contributed by atoms with Crippen LogP contribution in [0, 0.1) is 6.92 Å². The highest BCUT2D eigenvalue weighted by molar-refractivity contribution is 9.10. The van der Waals surface area contributed by atoms with Gasteiger partial charge in [-0.25, -0.2) is 0 Å². The fourth-order valence-corrected chi connectivity index (χ4v) is 1.89. The molecule has 0 radical (unpaired) electrons. The summed E-state index contributed by atoms with van der Waals surface area (Å²) in [6, 6.07) is 2.12. The summed E-state index contributed by atoms with van der Waals surface area (Å²) < 4.78 is 1.06. The first-order valence-corrected chi connectivity index (χ1v) is 5.84. The van der Waals surface area contributed by atoms with Crippen molar-refractivity contribution in [3.8, 4) is 0 Å². The lowest BCUT2D eigenvalue weighted by atomic mass is 10.1. The van der Waals surface area contributed by atoms with Gasteiger partial charge >= 0.3 is 0 Å². The van der Waals surface area contributed by atoms with Crippen molar-refractivity contribution in [1.29, 1.82) is 0 Å². The normalized spacial score (nSPS) is 10.5. The van der Waals surface area contributed by atoms with E-state index in [-0.39, 0.29) is 0 Å². The molecule has 0 spiro atoms. The Balaban J connectivity index is 2.42. The predicted molar refractivity (Wildman–Crippen MR) is 63.3 cm³/mol. The second-order valence-electron chi connectivity index (χ2n) is 3.52. The Labute approximate surface area is 94.0 Å². The third-order valence-electron chi connectivity index (χ3n) is 2.27. The number of halogens is 1. The topological polar surface area (TPSA) is 38.9 Å². The molecule has 0 unspecified atom stereocenters. The van der Waals surface area contributed by atoms with Gasteiger partial charge in [0, 0.05) is 16.4 Å². The predicted octanol–water partition coefficient (Wildman–Crippen LogP) is 2.82. The molecule has 0 saturated carbocycles. The maximum Gasteiger partial charge on any atom is 0.0433 e. The molecule has 14 heavy (non-hydrogen) atoms. The highest BCUT2D eigenvalue weighted by Crippen LogP contribution is 2.14. The average Bonchev–Trinajstić information content (AvgIpc) is 2.15. The molecule has 0 aliphatic carbocycles. The number of pyridine rings is 1. The summed E-state index contributed by atoms with van der Waals surface area (Å²) in [5.41, 5.74) is 7.92. The minimum absolute atomic E-state index is 0.798. The van der Waals surface area contributed by atoms with Gasteiger partial charge < -0.3 is 5.73 Å². The Kier molecular flexibility index (Phi) is 5.12. The molecule has 1 aromatic rings. The number of hydrogen-bond donors (Lipinski definition) is 1. The molecule has 1 heterocycles. The number of hydrogen-bond acceptors (Lipinski definition) is 2. The molecule has 78 valence electrons. The van der Waals surface area contributed by atoms with E-state index in [1.165, 1.54) is 24.1 Å². The number of nitrogens with zero attached hydrogens (tertiary/aromatic N) is 1. The Hall–Kier alpha value is -0.410. The molecular weight excluding hydrogens is 240 g/mol. The molecule has 2 N–H and O–H groups in total. The molecule has 0 fully saturated rings. The van der Waals surface area contributed by atoms with Crippen molar-refractivity contribution in [2.75, 3.05) is 6.54 Å². The second kappa shape index (κ2) is 6.14. The fraction of sp³-hybridized carbons (Fsp3) is 0.545. The SMILES string of the molecule is Cc1cc(Br)cnc1CCCCCN. The average molecular weight is 257 g/mol. The van der Waals surface area contributed by atoms with Gasteiger partial charge in [0.25, 0.3) is 0 Å². The van der Waals surface area contributed by atoms with Gasteiger partial charge in [-0.3, -0.25) is 4.98 Å². The van der Waals surface area contributed by atoms with E-state index in [1.54, 1.807) is 0 Å². The van der Waals surface area contributed by atoms with Crippen molar-refractivity contribution in [2.45, 2.75) is 32.6 Å². The first-order valence-electron chi connectivity index (χ1n) is 5.05. The minimum Gasteiger partial charge on any atom is -0.330 e. The molecule has 0 aromatic carbocycles. The lowest BCUT2D eigenvalue weighted by molar-refractivity contribution is 0.677. The highest BCUT2D eigenvalue weighted by atomic mass is 79.9. The van der Waals surface area contributed by atoms with Crippen LogP contribution in [0.15, 0.2) is 16.7 Å². The Morgan fingerprint density at radius 1 is 1.36 bits per heavy atom. The number of aryl methyl sites for hydroxylation is 2. The van der Waals surface area contributed by atoms with Crippen LogP contribution in [0.25, 0.3) is 0 Å². The second-order valence-corrected chi connectivity index (χ2v) is 4.43. The quantitative estimate of drug-likeness (QED) is 0.824. The summed E-state index contributed by atoms with van der Waals surface area (Å²) >= 11 is 3.41. The van der Waals surface area contributed by atoms with Crippen LogP contribution in [0.1, 0.15) is 30.5 Å². The van der Waals surface area contributed by atoms with E-state index in [2.05, 4.69) is 33.9 Å². The van der Waals surface area contributed by atoms with Gasteiger partial charge in [0.05, 0.1) is 0 Å². The zero-order valence-electron chi connectivity index (χ0n) is 8.59. The highest BCUT2D eigenvalue weighted by Gasteiger charge is 2.00. The van der Waals surface area contributed by atoms with E-state index in [9.17, 15) is 0 Å². The smallest absolute Gasteiger partial charge is 0.0433 e. The Morgan fingerprint density at radius 3 is 2.79 bits per heavy atom. The fourth-order valence-electron chi connectivity index (χ4n) is 1.44. The zero-order valence-corrected chi connectivity index (χ0v) is 10.2. The van der Waals surface area contributed by atoms with Gasteiger partial charge in [-0.2, -0.15) is 0 Å². The summed E-state index contributed by atoms with van der Waals surface area (Å²) in [6.07, 6.45) is 6.44. The van der Waals surface area contributed by atoms with E-state index < -0.39 is 0 Å². The molecule has 0 aliphatic rings. The first kappa shape index (κ1) is 11.7. The molecular formula is C11H17BrN2. The molecule has 0 amide bonds. The van der Waals surface area contributed by atoms with Gasteiger partial charge in [0.2, 0.25) is 0 Å². The largest absolute Gasteiger partial charge is 0.330 e. The number of aromatic nitrogens is 1. The van der Waals surface area contributed by atoms with E-state index in [0.29, 0.717) is 0 Å². The van der Waals surface area contributed by atoms with Crippen LogP contribution in [0.5, 0.6) is 0 Å². The molecule has 1 rings (SSSR count). The summed E-state index contributed by atoms with van der Waals surface area (Å²) in [5.74, 6) is 0. The Morgan fingerprint density at radius 2 is 2.14 bits per heavy atom. The number of unbranched alkanes of at least 4 members (excludes halogenated alkanes) is 2.